The van der Waals surface area contributed by atoms with E-state index in [1.165, 1.54) is 30.5 Å². The highest BCUT2D eigenvalue weighted by Crippen LogP contribution is 2.12. The quantitative estimate of drug-likeness (QED) is 0.867. The number of carboxylic acid groups (broad SMARTS) is 1. The van der Waals surface area contributed by atoms with E-state index in [1.54, 1.807) is 21.9 Å². The summed E-state index contributed by atoms with van der Waals surface area (Å²) in [7, 11) is 0. The van der Waals surface area contributed by atoms with E-state index < -0.39 is 5.97 Å². The van der Waals surface area contributed by atoms with Gasteiger partial charge in [0.2, 0.25) is 5.91 Å². The van der Waals surface area contributed by atoms with Crippen molar-refractivity contribution < 1.29 is 23.9 Å². The average molecular weight is 385 g/mol. The van der Waals surface area contributed by atoms with Gasteiger partial charge in [-0.25, -0.2) is 14.2 Å². The minimum atomic E-state index is -1.15. The van der Waals surface area contributed by atoms with Gasteiger partial charge in [0.05, 0.1) is 12.0 Å². The zero-order valence-corrected chi connectivity index (χ0v) is 15.2. The van der Waals surface area contributed by atoms with Gasteiger partial charge in [0.25, 0.3) is 5.91 Å². The van der Waals surface area contributed by atoms with Crippen molar-refractivity contribution >= 4 is 17.8 Å². The zero-order valence-electron chi connectivity index (χ0n) is 15.2. The van der Waals surface area contributed by atoms with Crippen LogP contribution in [0.2, 0.25) is 0 Å². The molecule has 0 atom stereocenters. The smallest absolute Gasteiger partial charge is 0.354 e. The highest BCUT2D eigenvalue weighted by Gasteiger charge is 2.23. The topological polar surface area (TPSA) is 90.8 Å². The normalized spacial score (nSPS) is 14.5. The van der Waals surface area contributed by atoms with Crippen LogP contribution < -0.4 is 0 Å². The Bertz CT molecular complexity index is 885. The fourth-order valence-electron chi connectivity index (χ4n) is 3.13. The third-order valence-corrected chi connectivity index (χ3v) is 4.61. The van der Waals surface area contributed by atoms with Crippen LogP contribution in [0.15, 0.2) is 42.6 Å². The van der Waals surface area contributed by atoms with Crippen LogP contribution in [-0.4, -0.2) is 63.9 Å². The van der Waals surface area contributed by atoms with Crippen molar-refractivity contribution in [1.82, 2.24) is 14.8 Å². The Kier molecular flexibility index (Phi) is 5.98. The molecule has 146 valence electrons. The van der Waals surface area contributed by atoms with Crippen molar-refractivity contribution in [2.45, 2.75) is 12.8 Å². The van der Waals surface area contributed by atoms with Crippen LogP contribution in [0.5, 0.6) is 0 Å². The van der Waals surface area contributed by atoms with E-state index in [1.807, 2.05) is 0 Å². The largest absolute Gasteiger partial charge is 0.477 e. The molecule has 1 fully saturated rings. The first-order valence-electron chi connectivity index (χ1n) is 8.95. The van der Waals surface area contributed by atoms with Gasteiger partial charge in [-0.05, 0) is 36.2 Å². The van der Waals surface area contributed by atoms with E-state index in [4.69, 9.17) is 5.11 Å². The Morgan fingerprint density at radius 2 is 1.79 bits per heavy atom. The second-order valence-electron chi connectivity index (χ2n) is 6.57. The molecule has 0 spiro atoms. The molecule has 0 radical (unpaired) electrons. The van der Waals surface area contributed by atoms with Crippen molar-refractivity contribution in [2.75, 3.05) is 26.2 Å². The van der Waals surface area contributed by atoms with Crippen LogP contribution >= 0.6 is 0 Å². The molecule has 1 N–H and O–H groups in total. The van der Waals surface area contributed by atoms with Gasteiger partial charge in [-0.15, -0.1) is 0 Å². The summed E-state index contributed by atoms with van der Waals surface area (Å²) in [4.78, 5) is 43.1. The summed E-state index contributed by atoms with van der Waals surface area (Å²) >= 11 is 0. The number of benzene rings is 1. The van der Waals surface area contributed by atoms with Crippen molar-refractivity contribution in [3.8, 4) is 0 Å². The third kappa shape index (κ3) is 4.70. The predicted octanol–water partition coefficient (Wildman–Crippen LogP) is 1.84. The molecule has 2 heterocycles. The number of hydrogen-bond acceptors (Lipinski definition) is 4. The van der Waals surface area contributed by atoms with Gasteiger partial charge in [0.15, 0.2) is 0 Å². The number of carbonyl (C=O) groups is 3. The number of nitrogens with zero attached hydrogens (tertiary/aromatic N) is 3. The Hall–Kier alpha value is -3.29. The SMILES string of the molecule is O=C(O)c1ccc(C(=O)N2CCCN(C(=O)Cc3cccc(F)c3)CC2)cn1. The van der Waals surface area contributed by atoms with Crippen LogP contribution in [0, 0.1) is 5.82 Å². The summed E-state index contributed by atoms with van der Waals surface area (Å²) in [5, 5.41) is 8.89. The van der Waals surface area contributed by atoms with E-state index >= 15 is 0 Å². The Morgan fingerprint density at radius 1 is 1.04 bits per heavy atom. The standard InChI is InChI=1S/C20H20FN3O4/c21-16-4-1-3-14(11-16)12-18(25)23-7-2-8-24(10-9-23)19(26)15-5-6-17(20(27)28)22-13-15/h1,3-6,11,13H,2,7-10,12H2,(H,27,28). The van der Waals surface area contributed by atoms with Crippen molar-refractivity contribution in [1.29, 1.82) is 0 Å². The molecule has 2 aromatic rings. The molecule has 0 aliphatic carbocycles. The summed E-state index contributed by atoms with van der Waals surface area (Å²) in [6.07, 6.45) is 2.00. The third-order valence-electron chi connectivity index (χ3n) is 4.61. The molecular formula is C20H20FN3O4. The van der Waals surface area contributed by atoms with Crippen LogP contribution in [0.25, 0.3) is 0 Å². The lowest BCUT2D eigenvalue weighted by atomic mass is 10.1. The van der Waals surface area contributed by atoms with Crippen molar-refractivity contribution in [2.24, 2.45) is 0 Å². The number of aromatic nitrogens is 1. The van der Waals surface area contributed by atoms with Gasteiger partial charge in [-0.2, -0.15) is 0 Å². The molecule has 1 aliphatic rings. The number of aromatic carboxylic acids is 1. The maximum atomic E-state index is 13.3. The van der Waals surface area contributed by atoms with Gasteiger partial charge in [0, 0.05) is 32.4 Å². The van der Waals surface area contributed by atoms with Crippen LogP contribution in [-0.2, 0) is 11.2 Å². The van der Waals surface area contributed by atoms with Gasteiger partial charge in [-0.1, -0.05) is 12.1 Å². The maximum Gasteiger partial charge on any atom is 0.354 e. The first-order chi connectivity index (χ1) is 13.4. The highest BCUT2D eigenvalue weighted by molar-refractivity contribution is 5.95. The van der Waals surface area contributed by atoms with Gasteiger partial charge < -0.3 is 14.9 Å². The lowest BCUT2D eigenvalue weighted by molar-refractivity contribution is -0.130. The molecule has 1 aromatic carbocycles. The summed E-state index contributed by atoms with van der Waals surface area (Å²) in [6, 6.07) is 8.70. The molecule has 1 aromatic heterocycles. The maximum absolute atomic E-state index is 13.3. The second kappa shape index (κ2) is 8.60. The zero-order chi connectivity index (χ0) is 20.1. The monoisotopic (exact) mass is 385 g/mol. The fourth-order valence-corrected chi connectivity index (χ4v) is 3.13. The number of amides is 2. The second-order valence-corrected chi connectivity index (χ2v) is 6.57. The minimum Gasteiger partial charge on any atom is -0.477 e. The van der Waals surface area contributed by atoms with Crippen LogP contribution in [0.1, 0.15) is 32.8 Å². The number of carbonyl (C=O) groups excluding carboxylic acids is 2. The number of pyridine rings is 1. The summed E-state index contributed by atoms with van der Waals surface area (Å²) < 4.78 is 13.3. The number of carboxylic acids is 1. The summed E-state index contributed by atoms with van der Waals surface area (Å²) in [6.45, 7) is 1.77. The van der Waals surface area contributed by atoms with Crippen molar-refractivity contribution in [3.05, 3.63) is 65.2 Å². The van der Waals surface area contributed by atoms with E-state index in [-0.39, 0.29) is 29.7 Å². The molecule has 2 amide bonds. The van der Waals surface area contributed by atoms with E-state index in [2.05, 4.69) is 4.98 Å². The summed E-state index contributed by atoms with van der Waals surface area (Å²) in [5.74, 6) is -1.88. The molecule has 8 heteroatoms. The van der Waals surface area contributed by atoms with Crippen LogP contribution in [0.3, 0.4) is 0 Å². The first kappa shape index (κ1) is 19.5. The van der Waals surface area contributed by atoms with Gasteiger partial charge in [-0.3, -0.25) is 9.59 Å². The first-order valence-corrected chi connectivity index (χ1v) is 8.95. The average Bonchev–Trinajstić information content (AvgIpc) is 2.94. The van der Waals surface area contributed by atoms with Gasteiger partial charge >= 0.3 is 5.97 Å². The molecule has 0 unspecified atom stereocenters. The van der Waals surface area contributed by atoms with Gasteiger partial charge in [0.1, 0.15) is 11.5 Å². The van der Waals surface area contributed by atoms with Crippen molar-refractivity contribution in [3.63, 3.8) is 0 Å². The van der Waals surface area contributed by atoms with E-state index in [0.717, 1.165) is 0 Å². The number of rotatable bonds is 4. The molecule has 7 nitrogen and oxygen atoms in total. The Labute approximate surface area is 161 Å². The number of halogens is 1. The molecule has 0 bridgehead atoms. The molecule has 1 saturated heterocycles. The lowest BCUT2D eigenvalue weighted by Gasteiger charge is -2.22. The molecule has 0 saturated carbocycles. The summed E-state index contributed by atoms with van der Waals surface area (Å²) in [5.41, 5.74) is 0.804. The number of hydrogen-bond donors (Lipinski definition) is 1. The predicted molar refractivity (Wildman–Crippen MR) is 98.4 cm³/mol. The fraction of sp³-hybridized carbons (Fsp3) is 0.300. The molecule has 1 aliphatic heterocycles. The van der Waals surface area contributed by atoms with E-state index in [0.29, 0.717) is 43.7 Å². The lowest BCUT2D eigenvalue weighted by Crippen LogP contribution is -2.38. The molecular weight excluding hydrogens is 365 g/mol. The highest BCUT2D eigenvalue weighted by atomic mass is 19.1. The Morgan fingerprint density at radius 3 is 2.46 bits per heavy atom. The van der Waals surface area contributed by atoms with E-state index in [9.17, 15) is 18.8 Å². The minimum absolute atomic E-state index is 0.104. The van der Waals surface area contributed by atoms with Crippen LogP contribution in [0.4, 0.5) is 4.39 Å². The Balaban J connectivity index is 1.60. The molecule has 28 heavy (non-hydrogen) atoms. The molecule has 3 rings (SSSR count).